The SMILES string of the molecule is NS(=O)(=O)I. The molecule has 0 atom stereocenters. The molecule has 0 aliphatic carbocycles. The number of halogens is 1. The fourth-order valence-electron chi connectivity index (χ4n) is 0. The molecule has 0 aromatic rings. The molecular weight excluding hydrogens is 205 g/mol. The van der Waals surface area contributed by atoms with E-state index in [1.54, 1.807) is 0 Å². The van der Waals surface area contributed by atoms with Crippen molar-refractivity contribution < 1.29 is 8.42 Å². The quantitative estimate of drug-likeness (QED) is 0.435. The smallest absolute Gasteiger partial charge is 0.220 e. The third kappa shape index (κ3) is 79.0. The molecule has 0 aliphatic heterocycles. The van der Waals surface area contributed by atoms with Crippen LogP contribution in [0, 0.1) is 0 Å². The lowest BCUT2D eigenvalue weighted by Crippen LogP contribution is -1.99. The Morgan fingerprint density at radius 1 is 1.60 bits per heavy atom. The van der Waals surface area contributed by atoms with Crippen LogP contribution in [0.1, 0.15) is 0 Å². The van der Waals surface area contributed by atoms with Crippen molar-refractivity contribution in [2.24, 2.45) is 5.14 Å². The molecule has 0 aromatic heterocycles. The first-order chi connectivity index (χ1) is 2.00. The second kappa shape index (κ2) is 1.39. The number of nitrogens with two attached hydrogens (primary N) is 1. The molecule has 0 radical (unpaired) electrons. The molecule has 0 amide bonds. The first kappa shape index (κ1) is 5.64. The average Bonchev–Trinajstić information content (AvgIpc) is 0.722. The molecule has 3 nitrogen and oxygen atoms in total. The molecule has 0 saturated carbocycles. The fourth-order valence-corrected chi connectivity index (χ4v) is 0. The molecule has 0 aliphatic rings. The highest BCUT2D eigenvalue weighted by molar-refractivity contribution is 14.2. The first-order valence-electron chi connectivity index (χ1n) is 0.723. The van der Waals surface area contributed by atoms with Gasteiger partial charge >= 0.3 is 0 Å². The van der Waals surface area contributed by atoms with Crippen molar-refractivity contribution in [3.8, 4) is 0 Å². The standard InChI is InChI=1S/H2INO2S/c1-5(2,3)4/h(H2,2,3,4). The highest BCUT2D eigenvalue weighted by Gasteiger charge is 1.82. The van der Waals surface area contributed by atoms with Crippen LogP contribution in [0.4, 0.5) is 0 Å². The summed E-state index contributed by atoms with van der Waals surface area (Å²) < 4.78 is 18.8. The van der Waals surface area contributed by atoms with Gasteiger partial charge < -0.3 is 0 Å². The summed E-state index contributed by atoms with van der Waals surface area (Å²) in [5.74, 6) is 0. The Morgan fingerprint density at radius 2 is 1.60 bits per heavy atom. The van der Waals surface area contributed by atoms with Gasteiger partial charge in [-0.25, -0.2) is 13.6 Å². The van der Waals surface area contributed by atoms with Crippen LogP contribution in [-0.2, 0) is 7.19 Å². The van der Waals surface area contributed by atoms with Crippen molar-refractivity contribution in [2.45, 2.75) is 0 Å². The number of hydrogen-bond donors (Lipinski definition) is 1. The zero-order valence-corrected chi connectivity index (χ0v) is 5.15. The molecule has 32 valence electrons. The van der Waals surface area contributed by atoms with Crippen molar-refractivity contribution in [1.29, 1.82) is 0 Å². The molecule has 0 spiro atoms. The van der Waals surface area contributed by atoms with Crippen LogP contribution in [0.5, 0.6) is 0 Å². The molecule has 0 heterocycles. The lowest BCUT2D eigenvalue weighted by molar-refractivity contribution is 0.614. The Balaban J connectivity index is 4.06. The number of rotatable bonds is 0. The Morgan fingerprint density at radius 3 is 1.60 bits per heavy atom. The van der Waals surface area contributed by atoms with E-state index in [0.717, 1.165) is 21.2 Å². The summed E-state index contributed by atoms with van der Waals surface area (Å²) >= 11 is 1.13. The van der Waals surface area contributed by atoms with E-state index < -0.39 is 7.19 Å². The molecule has 0 rings (SSSR count). The van der Waals surface area contributed by atoms with Crippen LogP contribution in [-0.4, -0.2) is 8.42 Å². The molecule has 0 saturated heterocycles. The van der Waals surface area contributed by atoms with Gasteiger partial charge in [0.05, 0.1) is 21.2 Å². The van der Waals surface area contributed by atoms with Gasteiger partial charge in [0.1, 0.15) is 0 Å². The fraction of sp³-hybridized carbons (Fsp3) is 0. The van der Waals surface area contributed by atoms with E-state index >= 15 is 0 Å². The van der Waals surface area contributed by atoms with Gasteiger partial charge in [0.2, 0.25) is 0 Å². The summed E-state index contributed by atoms with van der Waals surface area (Å²) in [5, 5.41) is 4.31. The third-order valence-corrected chi connectivity index (χ3v) is 0. The van der Waals surface area contributed by atoms with Crippen LogP contribution in [0.3, 0.4) is 0 Å². The van der Waals surface area contributed by atoms with Gasteiger partial charge in [0.15, 0.2) is 0 Å². The van der Waals surface area contributed by atoms with Crippen LogP contribution >= 0.6 is 21.2 Å². The molecular formula is H2INO2S. The van der Waals surface area contributed by atoms with Gasteiger partial charge in [-0.3, -0.25) is 0 Å². The summed E-state index contributed by atoms with van der Waals surface area (Å²) in [7, 11) is -3.20. The summed E-state index contributed by atoms with van der Waals surface area (Å²) in [4.78, 5) is 0. The van der Waals surface area contributed by atoms with E-state index in [9.17, 15) is 8.42 Å². The summed E-state index contributed by atoms with van der Waals surface area (Å²) in [5.41, 5.74) is 0. The van der Waals surface area contributed by atoms with E-state index in [0.29, 0.717) is 0 Å². The topological polar surface area (TPSA) is 60.2 Å². The van der Waals surface area contributed by atoms with Crippen LogP contribution in [0.15, 0.2) is 0 Å². The van der Waals surface area contributed by atoms with E-state index in [2.05, 4.69) is 5.14 Å². The van der Waals surface area contributed by atoms with E-state index in [1.165, 1.54) is 0 Å². The van der Waals surface area contributed by atoms with Crippen molar-refractivity contribution >= 4 is 28.4 Å². The van der Waals surface area contributed by atoms with Gasteiger partial charge in [-0.1, -0.05) is 0 Å². The maximum absolute atomic E-state index is 9.40. The minimum absolute atomic E-state index is 1.13. The van der Waals surface area contributed by atoms with E-state index in [1.807, 2.05) is 0 Å². The van der Waals surface area contributed by atoms with Gasteiger partial charge in [-0.15, -0.1) is 0 Å². The average molecular weight is 207 g/mol. The van der Waals surface area contributed by atoms with Gasteiger partial charge in [-0.2, -0.15) is 0 Å². The summed E-state index contributed by atoms with van der Waals surface area (Å²) in [6.07, 6.45) is 0. The molecule has 5 heavy (non-hydrogen) atoms. The Hall–Kier alpha value is 0.640. The maximum Gasteiger partial charge on any atom is 0.262 e. The van der Waals surface area contributed by atoms with E-state index in [4.69, 9.17) is 0 Å². The van der Waals surface area contributed by atoms with Crippen LogP contribution in [0.25, 0.3) is 0 Å². The largest absolute Gasteiger partial charge is 0.262 e. The summed E-state index contributed by atoms with van der Waals surface area (Å²) in [6, 6.07) is 0. The first-order valence-corrected chi connectivity index (χ1v) is 4.81. The van der Waals surface area contributed by atoms with Crippen molar-refractivity contribution in [3.05, 3.63) is 0 Å². The molecule has 0 aromatic carbocycles. The minimum atomic E-state index is -3.20. The predicted octanol–water partition coefficient (Wildman–Crippen LogP) is -0.375. The highest BCUT2D eigenvalue weighted by atomic mass is 127. The third-order valence-electron chi connectivity index (χ3n) is 0. The normalized spacial score (nSPS) is 11.6. The predicted molar refractivity (Wildman–Crippen MR) is 27.1 cm³/mol. The van der Waals surface area contributed by atoms with E-state index in [-0.39, 0.29) is 0 Å². The van der Waals surface area contributed by atoms with Crippen molar-refractivity contribution in [2.75, 3.05) is 0 Å². The molecule has 5 heteroatoms. The second-order valence-corrected chi connectivity index (χ2v) is 5.11. The highest BCUT2D eigenvalue weighted by Crippen LogP contribution is 1.85. The molecule has 2 N–H and O–H groups in total. The minimum Gasteiger partial charge on any atom is -0.220 e. The maximum atomic E-state index is 9.40. The Labute approximate surface area is 42.2 Å². The second-order valence-electron chi connectivity index (χ2n) is 0.476. The zero-order valence-electron chi connectivity index (χ0n) is 2.18. The van der Waals surface area contributed by atoms with Gasteiger partial charge in [-0.05, 0) is 0 Å². The molecule has 0 fully saturated rings. The Kier molecular flexibility index (Phi) is 1.57. The molecule has 0 bridgehead atoms. The van der Waals surface area contributed by atoms with Crippen LogP contribution < -0.4 is 5.14 Å². The Bertz CT molecular complexity index is 92.8. The monoisotopic (exact) mass is 207 g/mol. The van der Waals surface area contributed by atoms with Crippen LogP contribution in [0.2, 0.25) is 0 Å². The van der Waals surface area contributed by atoms with Crippen molar-refractivity contribution in [1.82, 2.24) is 0 Å². The summed E-state index contributed by atoms with van der Waals surface area (Å²) in [6.45, 7) is 0. The van der Waals surface area contributed by atoms with Gasteiger partial charge in [0.25, 0.3) is 7.19 Å². The molecule has 0 unspecified atom stereocenters. The lowest BCUT2D eigenvalue weighted by atomic mass is 14.0. The van der Waals surface area contributed by atoms with Gasteiger partial charge in [0, 0.05) is 0 Å². The number of hydrogen-bond acceptors (Lipinski definition) is 2. The zero-order chi connectivity index (χ0) is 4.50. The van der Waals surface area contributed by atoms with Crippen molar-refractivity contribution in [3.63, 3.8) is 0 Å². The lowest BCUT2D eigenvalue weighted by Gasteiger charge is -1.67.